The van der Waals surface area contributed by atoms with Crippen LogP contribution in [-0.4, -0.2) is 46.8 Å². The first-order chi connectivity index (χ1) is 13.5. The second-order valence-electron chi connectivity index (χ2n) is 7.23. The zero-order valence-electron chi connectivity index (χ0n) is 16.7. The summed E-state index contributed by atoms with van der Waals surface area (Å²) in [6.07, 6.45) is 4.38. The van der Waals surface area contributed by atoms with Gasteiger partial charge in [0.25, 0.3) is 0 Å². The molecular weight excluding hydrogens is 350 g/mol. The van der Waals surface area contributed by atoms with Gasteiger partial charge in [-0.1, -0.05) is 24.1 Å². The van der Waals surface area contributed by atoms with Crippen molar-refractivity contribution in [2.75, 3.05) is 30.8 Å². The number of likely N-dealkylation sites (N-methyl/N-ethyl adjacent to an activating group) is 1. The predicted octanol–water partition coefficient (Wildman–Crippen LogP) is 3.17. The van der Waals surface area contributed by atoms with Gasteiger partial charge in [0.15, 0.2) is 0 Å². The molecule has 1 aliphatic rings. The number of rotatable bonds is 6. The zero-order chi connectivity index (χ0) is 19.9. The maximum absolute atomic E-state index is 11.9. The van der Waals surface area contributed by atoms with E-state index < -0.39 is 0 Å². The number of carbonyl (C=O) groups excluding carboxylic acids is 1. The highest BCUT2D eigenvalue weighted by Crippen LogP contribution is 2.23. The van der Waals surface area contributed by atoms with E-state index in [2.05, 4.69) is 44.4 Å². The zero-order valence-corrected chi connectivity index (χ0v) is 16.7. The van der Waals surface area contributed by atoms with Crippen LogP contribution in [0.5, 0.6) is 0 Å². The SMILES string of the molecule is CC#CC(=O)Cc1ccccc1Nc1nc(N[C@H]2CCCN(C)C2)ncc1C. The van der Waals surface area contributed by atoms with Crippen LogP contribution >= 0.6 is 0 Å². The molecule has 0 unspecified atom stereocenters. The Kier molecular flexibility index (Phi) is 6.62. The number of hydrogen-bond acceptors (Lipinski definition) is 6. The number of nitrogens with one attached hydrogen (secondary N) is 2. The van der Waals surface area contributed by atoms with Gasteiger partial charge in [-0.05, 0) is 57.8 Å². The molecule has 0 aliphatic carbocycles. The van der Waals surface area contributed by atoms with Crippen LogP contribution in [0, 0.1) is 18.8 Å². The highest BCUT2D eigenvalue weighted by Gasteiger charge is 2.18. The molecule has 0 bridgehead atoms. The quantitative estimate of drug-likeness (QED) is 0.595. The fraction of sp³-hybridized carbons (Fsp3) is 0.409. The molecule has 0 amide bonds. The molecule has 1 saturated heterocycles. The monoisotopic (exact) mass is 377 g/mol. The second-order valence-corrected chi connectivity index (χ2v) is 7.23. The normalized spacial score (nSPS) is 16.8. The third kappa shape index (κ3) is 5.30. The molecule has 0 spiro atoms. The summed E-state index contributed by atoms with van der Waals surface area (Å²) in [6.45, 7) is 5.77. The van der Waals surface area contributed by atoms with Crippen molar-refractivity contribution in [2.24, 2.45) is 0 Å². The van der Waals surface area contributed by atoms with Crippen LogP contribution in [0.4, 0.5) is 17.5 Å². The van der Waals surface area contributed by atoms with E-state index in [-0.39, 0.29) is 12.2 Å². The molecule has 3 rings (SSSR count). The number of aromatic nitrogens is 2. The van der Waals surface area contributed by atoms with Gasteiger partial charge < -0.3 is 15.5 Å². The Morgan fingerprint density at radius 3 is 2.96 bits per heavy atom. The minimum atomic E-state index is -0.0973. The van der Waals surface area contributed by atoms with E-state index in [0.29, 0.717) is 12.0 Å². The predicted molar refractivity (Wildman–Crippen MR) is 113 cm³/mol. The number of aryl methyl sites for hydroxylation is 1. The van der Waals surface area contributed by atoms with Crippen molar-refractivity contribution in [1.29, 1.82) is 0 Å². The third-order valence-corrected chi connectivity index (χ3v) is 4.82. The topological polar surface area (TPSA) is 70.2 Å². The Hall–Kier alpha value is -2.91. The summed E-state index contributed by atoms with van der Waals surface area (Å²) in [4.78, 5) is 23.4. The maximum Gasteiger partial charge on any atom is 0.224 e. The number of anilines is 3. The summed E-state index contributed by atoms with van der Waals surface area (Å²) < 4.78 is 0. The van der Waals surface area contributed by atoms with Crippen LogP contribution in [0.2, 0.25) is 0 Å². The first-order valence-corrected chi connectivity index (χ1v) is 9.64. The van der Waals surface area contributed by atoms with Gasteiger partial charge >= 0.3 is 0 Å². The van der Waals surface area contributed by atoms with E-state index in [1.165, 1.54) is 6.42 Å². The van der Waals surface area contributed by atoms with E-state index >= 15 is 0 Å². The molecule has 1 aliphatic heterocycles. The Morgan fingerprint density at radius 2 is 2.18 bits per heavy atom. The standard InChI is InChI=1S/C22H27N5O/c1-4-8-19(28)13-17-9-5-6-11-20(17)25-21-16(2)14-23-22(26-21)24-18-10-7-12-27(3)15-18/h5-6,9,11,14,18H,7,10,12-13,15H2,1-3H3,(H2,23,24,25,26)/t18-/m0/s1. The van der Waals surface area contributed by atoms with Crippen molar-refractivity contribution in [1.82, 2.24) is 14.9 Å². The van der Waals surface area contributed by atoms with Crippen molar-refractivity contribution in [3.8, 4) is 11.8 Å². The van der Waals surface area contributed by atoms with Crippen molar-refractivity contribution in [3.05, 3.63) is 41.6 Å². The fourth-order valence-electron chi connectivity index (χ4n) is 3.39. The third-order valence-electron chi connectivity index (χ3n) is 4.82. The minimum absolute atomic E-state index is 0.0973. The van der Waals surface area contributed by atoms with Gasteiger partial charge in [0.05, 0.1) is 0 Å². The van der Waals surface area contributed by atoms with Crippen LogP contribution in [0.25, 0.3) is 0 Å². The lowest BCUT2D eigenvalue weighted by Gasteiger charge is -2.30. The highest BCUT2D eigenvalue weighted by atomic mass is 16.1. The van der Waals surface area contributed by atoms with Crippen LogP contribution in [0.1, 0.15) is 30.9 Å². The number of carbonyl (C=O) groups is 1. The lowest BCUT2D eigenvalue weighted by Crippen LogP contribution is -2.40. The van der Waals surface area contributed by atoms with E-state index in [0.717, 1.165) is 42.1 Å². The van der Waals surface area contributed by atoms with Crippen molar-refractivity contribution in [2.45, 2.75) is 39.2 Å². The summed E-state index contributed by atoms with van der Waals surface area (Å²) in [6, 6.07) is 8.10. The molecule has 1 aromatic heterocycles. The van der Waals surface area contributed by atoms with Gasteiger partial charge in [0.2, 0.25) is 11.7 Å². The van der Waals surface area contributed by atoms with Gasteiger partial charge in [0.1, 0.15) is 5.82 Å². The average Bonchev–Trinajstić information content (AvgIpc) is 2.66. The van der Waals surface area contributed by atoms with Crippen LogP contribution in [0.15, 0.2) is 30.5 Å². The lowest BCUT2D eigenvalue weighted by atomic mass is 10.1. The van der Waals surface area contributed by atoms with Crippen molar-refractivity contribution < 1.29 is 4.79 Å². The van der Waals surface area contributed by atoms with E-state index in [9.17, 15) is 4.79 Å². The molecule has 1 fully saturated rings. The molecule has 1 atom stereocenters. The molecule has 146 valence electrons. The Morgan fingerprint density at radius 1 is 1.36 bits per heavy atom. The van der Waals surface area contributed by atoms with Gasteiger partial charge in [0, 0.05) is 36.5 Å². The second kappa shape index (κ2) is 9.34. The number of para-hydroxylation sites is 1. The number of ketones is 1. The summed E-state index contributed by atoms with van der Waals surface area (Å²) in [5.74, 6) is 6.53. The summed E-state index contributed by atoms with van der Waals surface area (Å²) in [5.41, 5.74) is 2.70. The first-order valence-electron chi connectivity index (χ1n) is 9.64. The van der Waals surface area contributed by atoms with Crippen molar-refractivity contribution >= 4 is 23.2 Å². The number of benzene rings is 1. The maximum atomic E-state index is 11.9. The van der Waals surface area contributed by atoms with Gasteiger partial charge in [-0.25, -0.2) is 4.98 Å². The summed E-state index contributed by atoms with van der Waals surface area (Å²) in [5, 5.41) is 6.82. The number of piperidine rings is 1. The number of hydrogen-bond donors (Lipinski definition) is 2. The lowest BCUT2D eigenvalue weighted by molar-refractivity contribution is -0.113. The number of Topliss-reactive ketones (excluding diaryl/α,β-unsaturated/α-hetero) is 1. The molecule has 2 N–H and O–H groups in total. The Bertz CT molecular complexity index is 899. The largest absolute Gasteiger partial charge is 0.350 e. The van der Waals surface area contributed by atoms with E-state index in [4.69, 9.17) is 0 Å². The molecule has 2 heterocycles. The molecule has 2 aromatic rings. The first kappa shape index (κ1) is 19.8. The van der Waals surface area contributed by atoms with E-state index in [1.54, 1.807) is 6.92 Å². The molecule has 1 aromatic carbocycles. The minimum Gasteiger partial charge on any atom is -0.350 e. The molecule has 0 saturated carbocycles. The average molecular weight is 377 g/mol. The van der Waals surface area contributed by atoms with Gasteiger partial charge in [-0.2, -0.15) is 4.98 Å². The summed E-state index contributed by atoms with van der Waals surface area (Å²) >= 11 is 0. The molecule has 0 radical (unpaired) electrons. The Balaban J connectivity index is 1.77. The number of nitrogens with zero attached hydrogens (tertiary/aromatic N) is 3. The number of likely N-dealkylation sites (tertiary alicyclic amines) is 1. The van der Waals surface area contributed by atoms with Gasteiger partial charge in [-0.3, -0.25) is 4.79 Å². The molecule has 28 heavy (non-hydrogen) atoms. The van der Waals surface area contributed by atoms with Crippen LogP contribution < -0.4 is 10.6 Å². The van der Waals surface area contributed by atoms with Crippen molar-refractivity contribution in [3.63, 3.8) is 0 Å². The highest BCUT2D eigenvalue weighted by molar-refractivity contribution is 5.97. The van der Waals surface area contributed by atoms with Crippen LogP contribution in [-0.2, 0) is 11.2 Å². The van der Waals surface area contributed by atoms with E-state index in [1.807, 2.05) is 37.4 Å². The Labute approximate surface area is 166 Å². The molecule has 6 nitrogen and oxygen atoms in total. The summed E-state index contributed by atoms with van der Waals surface area (Å²) in [7, 11) is 2.14. The smallest absolute Gasteiger partial charge is 0.224 e. The molecular formula is C22H27N5O. The fourth-order valence-corrected chi connectivity index (χ4v) is 3.39. The molecule has 6 heteroatoms. The van der Waals surface area contributed by atoms with Crippen LogP contribution in [0.3, 0.4) is 0 Å². The van der Waals surface area contributed by atoms with Gasteiger partial charge in [-0.15, -0.1) is 0 Å².